The van der Waals surface area contributed by atoms with Crippen molar-refractivity contribution in [1.82, 2.24) is 24.5 Å². The number of nitrogens with one attached hydrogen (secondary N) is 1. The van der Waals surface area contributed by atoms with E-state index in [0.29, 0.717) is 22.9 Å². The molecule has 2 aromatic carbocycles. The number of anilines is 1. The van der Waals surface area contributed by atoms with E-state index in [1.54, 1.807) is 42.2 Å². The molecule has 0 radical (unpaired) electrons. The normalized spacial score (nSPS) is 12.8. The first-order valence-corrected chi connectivity index (χ1v) is 15.5. The van der Waals surface area contributed by atoms with Gasteiger partial charge in [-0.15, -0.1) is 10.2 Å². The van der Waals surface area contributed by atoms with Crippen molar-refractivity contribution in [1.29, 1.82) is 0 Å². The van der Waals surface area contributed by atoms with E-state index in [-0.39, 0.29) is 27.3 Å². The summed E-state index contributed by atoms with van der Waals surface area (Å²) in [7, 11) is -2.06. The van der Waals surface area contributed by atoms with Gasteiger partial charge >= 0.3 is 0 Å². The molecule has 0 saturated carbocycles. The number of aromatic nitrogens is 5. The standard InChI is InChI=1S/C24H27ClN6O7S2/c1-30-12-11-17(28-30)23-26-27-24(31(23)22-18(36-2)7-6-8-19(22)37-3)29-40(34,35)14-20(38-4)16-10-9-15(25)13-21(16)39(5,32)33/h6-13,20H,14H2,1-5H3,(H,27,29)/t20-/m1/s1. The fraction of sp³-hybridized carbons (Fsp3) is 0.292. The number of nitrogens with zero attached hydrogens (tertiary/aromatic N) is 5. The molecule has 0 bridgehead atoms. The van der Waals surface area contributed by atoms with E-state index >= 15 is 0 Å². The van der Waals surface area contributed by atoms with Crippen LogP contribution in [0.4, 0.5) is 5.95 Å². The summed E-state index contributed by atoms with van der Waals surface area (Å²) in [6.07, 6.45) is 1.54. The molecule has 0 aliphatic rings. The molecule has 0 aliphatic heterocycles. The van der Waals surface area contributed by atoms with Crippen molar-refractivity contribution in [3.05, 3.63) is 59.2 Å². The second-order valence-corrected chi connectivity index (χ2v) is 12.8. The van der Waals surface area contributed by atoms with Crippen molar-refractivity contribution in [2.45, 2.75) is 11.0 Å². The van der Waals surface area contributed by atoms with Crippen LogP contribution in [0.25, 0.3) is 17.2 Å². The summed E-state index contributed by atoms with van der Waals surface area (Å²) in [5.41, 5.74) is 0.875. The van der Waals surface area contributed by atoms with E-state index < -0.39 is 31.7 Å². The Labute approximate surface area is 236 Å². The molecule has 214 valence electrons. The van der Waals surface area contributed by atoms with Gasteiger partial charge in [-0.05, 0) is 30.3 Å². The summed E-state index contributed by atoms with van der Waals surface area (Å²) < 4.78 is 73.7. The molecule has 0 saturated heterocycles. The molecule has 2 heterocycles. The van der Waals surface area contributed by atoms with Crippen LogP contribution in [0.3, 0.4) is 0 Å². The van der Waals surface area contributed by atoms with Crippen LogP contribution in [-0.4, -0.2) is 74.7 Å². The van der Waals surface area contributed by atoms with E-state index in [9.17, 15) is 16.8 Å². The fourth-order valence-electron chi connectivity index (χ4n) is 4.07. The Morgan fingerprint density at radius 2 is 1.68 bits per heavy atom. The maximum Gasteiger partial charge on any atom is 0.243 e. The molecule has 13 nitrogen and oxygen atoms in total. The number of hydrogen-bond acceptors (Lipinski definition) is 10. The Balaban J connectivity index is 1.81. The third-order valence-electron chi connectivity index (χ3n) is 5.86. The van der Waals surface area contributed by atoms with E-state index in [2.05, 4.69) is 20.0 Å². The van der Waals surface area contributed by atoms with Gasteiger partial charge in [-0.2, -0.15) is 5.10 Å². The van der Waals surface area contributed by atoms with Crippen molar-refractivity contribution in [3.63, 3.8) is 0 Å². The molecule has 0 spiro atoms. The molecule has 0 unspecified atom stereocenters. The molecule has 40 heavy (non-hydrogen) atoms. The lowest BCUT2D eigenvalue weighted by atomic mass is 10.1. The zero-order chi connectivity index (χ0) is 29.2. The number of benzene rings is 2. The lowest BCUT2D eigenvalue weighted by Gasteiger charge is -2.20. The predicted octanol–water partition coefficient (Wildman–Crippen LogP) is 2.87. The quantitative estimate of drug-likeness (QED) is 0.268. The smallest absolute Gasteiger partial charge is 0.243 e. The molecule has 2 aromatic heterocycles. The zero-order valence-electron chi connectivity index (χ0n) is 22.2. The van der Waals surface area contributed by atoms with Gasteiger partial charge in [0, 0.05) is 37.2 Å². The summed E-state index contributed by atoms with van der Waals surface area (Å²) in [5.74, 6) is 0.0814. The number of sulfonamides is 1. The average Bonchev–Trinajstić information content (AvgIpc) is 3.51. The molecular formula is C24H27ClN6O7S2. The summed E-state index contributed by atoms with van der Waals surface area (Å²) in [6, 6.07) is 10.9. The van der Waals surface area contributed by atoms with Crippen LogP contribution in [0.1, 0.15) is 11.7 Å². The second kappa shape index (κ2) is 11.4. The number of ether oxygens (including phenoxy) is 3. The third kappa shape index (κ3) is 6.06. The molecule has 0 fully saturated rings. The molecule has 4 rings (SSSR count). The van der Waals surface area contributed by atoms with Gasteiger partial charge in [-0.1, -0.05) is 23.7 Å². The Morgan fingerprint density at radius 3 is 2.23 bits per heavy atom. The Kier molecular flexibility index (Phi) is 8.39. The van der Waals surface area contributed by atoms with Crippen LogP contribution in [0.2, 0.25) is 5.02 Å². The van der Waals surface area contributed by atoms with Crippen LogP contribution in [0.5, 0.6) is 11.5 Å². The van der Waals surface area contributed by atoms with E-state index in [1.165, 1.54) is 44.1 Å². The minimum absolute atomic E-state index is 0.138. The molecule has 0 amide bonds. The minimum atomic E-state index is -4.23. The van der Waals surface area contributed by atoms with Crippen LogP contribution in [-0.2, 0) is 31.6 Å². The van der Waals surface area contributed by atoms with Crippen LogP contribution >= 0.6 is 11.6 Å². The zero-order valence-corrected chi connectivity index (χ0v) is 24.6. The molecule has 16 heteroatoms. The Hall–Kier alpha value is -3.66. The second-order valence-electron chi connectivity index (χ2n) is 8.63. The number of rotatable bonds is 11. The Morgan fingerprint density at radius 1 is 1.00 bits per heavy atom. The van der Waals surface area contributed by atoms with Crippen molar-refractivity contribution < 1.29 is 31.0 Å². The minimum Gasteiger partial charge on any atom is -0.494 e. The number of aryl methyl sites for hydroxylation is 1. The molecular weight excluding hydrogens is 584 g/mol. The molecule has 0 aliphatic carbocycles. The predicted molar refractivity (Wildman–Crippen MR) is 148 cm³/mol. The number of hydrogen-bond donors (Lipinski definition) is 1. The summed E-state index contributed by atoms with van der Waals surface area (Å²) >= 11 is 6.01. The van der Waals surface area contributed by atoms with Crippen LogP contribution in [0, 0.1) is 0 Å². The highest BCUT2D eigenvalue weighted by molar-refractivity contribution is 7.92. The summed E-state index contributed by atoms with van der Waals surface area (Å²) in [4.78, 5) is -0.138. The number of halogens is 1. The number of sulfone groups is 1. The first-order chi connectivity index (χ1) is 18.9. The molecule has 1 N–H and O–H groups in total. The Bertz CT molecular complexity index is 1730. The van der Waals surface area contributed by atoms with Crippen molar-refractivity contribution in [3.8, 4) is 28.7 Å². The average molecular weight is 611 g/mol. The van der Waals surface area contributed by atoms with Crippen molar-refractivity contribution in [2.75, 3.05) is 38.1 Å². The summed E-state index contributed by atoms with van der Waals surface area (Å²) in [5, 5.41) is 12.9. The monoisotopic (exact) mass is 610 g/mol. The van der Waals surface area contributed by atoms with Gasteiger partial charge in [0.2, 0.25) is 16.0 Å². The lowest BCUT2D eigenvalue weighted by Crippen LogP contribution is -2.25. The first-order valence-electron chi connectivity index (χ1n) is 11.6. The maximum absolute atomic E-state index is 13.5. The summed E-state index contributed by atoms with van der Waals surface area (Å²) in [6.45, 7) is 0. The van der Waals surface area contributed by atoms with Crippen LogP contribution in [0.15, 0.2) is 53.6 Å². The molecule has 1 atom stereocenters. The topological polar surface area (TPSA) is 157 Å². The van der Waals surface area contributed by atoms with Crippen molar-refractivity contribution in [2.24, 2.45) is 7.05 Å². The largest absolute Gasteiger partial charge is 0.494 e. The van der Waals surface area contributed by atoms with Gasteiger partial charge in [-0.3, -0.25) is 14.0 Å². The van der Waals surface area contributed by atoms with Gasteiger partial charge in [-0.25, -0.2) is 16.8 Å². The number of para-hydroxylation sites is 1. The lowest BCUT2D eigenvalue weighted by molar-refractivity contribution is 0.119. The van der Waals surface area contributed by atoms with Crippen molar-refractivity contribution >= 4 is 37.4 Å². The SMILES string of the molecule is COc1cccc(OC)c1-n1c(NS(=O)(=O)C[C@@H](OC)c2ccc(Cl)cc2S(C)(=O)=O)nnc1-c1ccn(C)n1. The highest BCUT2D eigenvalue weighted by Crippen LogP contribution is 2.37. The van der Waals surface area contributed by atoms with Gasteiger partial charge in [0.25, 0.3) is 0 Å². The van der Waals surface area contributed by atoms with Gasteiger partial charge in [0.15, 0.2) is 15.7 Å². The van der Waals surface area contributed by atoms with Crippen LogP contribution < -0.4 is 14.2 Å². The first kappa shape index (κ1) is 29.3. The van der Waals surface area contributed by atoms with Gasteiger partial charge < -0.3 is 14.2 Å². The fourth-order valence-corrected chi connectivity index (χ4v) is 6.49. The van der Waals surface area contributed by atoms with Gasteiger partial charge in [0.05, 0.1) is 31.0 Å². The van der Waals surface area contributed by atoms with E-state index in [4.69, 9.17) is 25.8 Å². The van der Waals surface area contributed by atoms with E-state index in [0.717, 1.165) is 6.26 Å². The maximum atomic E-state index is 13.5. The highest BCUT2D eigenvalue weighted by atomic mass is 35.5. The van der Waals surface area contributed by atoms with E-state index in [1.807, 2.05) is 0 Å². The molecule has 4 aromatic rings. The highest BCUT2D eigenvalue weighted by Gasteiger charge is 2.30. The number of methoxy groups -OCH3 is 3. The van der Waals surface area contributed by atoms with Gasteiger partial charge in [0.1, 0.15) is 22.9 Å². The third-order valence-corrected chi connectivity index (χ3v) is 8.48.